The first-order valence-electron chi connectivity index (χ1n) is 12.3. The molecule has 4 aliphatic carbocycles. The highest BCUT2D eigenvalue weighted by Gasteiger charge is 2.64. The second kappa shape index (κ2) is 7.67. The third kappa shape index (κ3) is 3.15. The number of carboxylic acids is 1. The SMILES string of the molecule is CC(O)=C1C(=O)[C@H]2[C@@H]3CC[C@H](C(C)CCC(=O)O)[C@@]3(C)CC[C@@H]2[C@@]2(C)CCCCC12. The molecule has 4 fully saturated rings. The van der Waals surface area contributed by atoms with E-state index >= 15 is 0 Å². The summed E-state index contributed by atoms with van der Waals surface area (Å²) in [5.41, 5.74) is 0.996. The minimum absolute atomic E-state index is 0.0388. The van der Waals surface area contributed by atoms with Gasteiger partial charge in [0, 0.05) is 17.9 Å². The van der Waals surface area contributed by atoms with Crippen LogP contribution in [0.25, 0.3) is 0 Å². The summed E-state index contributed by atoms with van der Waals surface area (Å²) in [6.07, 6.45) is 10.0. The fraction of sp³-hybridized carbons (Fsp3) is 0.846. The number of carbonyl (C=O) groups excluding carboxylic acids is 1. The maximum absolute atomic E-state index is 13.9. The van der Waals surface area contributed by atoms with Crippen molar-refractivity contribution in [3.05, 3.63) is 11.3 Å². The summed E-state index contributed by atoms with van der Waals surface area (Å²) in [6.45, 7) is 8.74. The van der Waals surface area contributed by atoms with Crippen LogP contribution in [-0.2, 0) is 9.59 Å². The third-order valence-electron chi connectivity index (χ3n) is 10.3. The van der Waals surface area contributed by atoms with E-state index in [9.17, 15) is 14.7 Å². The third-order valence-corrected chi connectivity index (χ3v) is 10.3. The van der Waals surface area contributed by atoms with Crippen molar-refractivity contribution in [1.29, 1.82) is 0 Å². The first-order chi connectivity index (χ1) is 14.1. The molecule has 168 valence electrons. The van der Waals surface area contributed by atoms with Gasteiger partial charge in [-0.25, -0.2) is 0 Å². The number of rotatable bonds is 4. The number of carbonyl (C=O) groups is 2. The van der Waals surface area contributed by atoms with Gasteiger partial charge in [-0.2, -0.15) is 0 Å². The molecule has 0 heterocycles. The lowest BCUT2D eigenvalue weighted by Gasteiger charge is -2.60. The average Bonchev–Trinajstić information content (AvgIpc) is 3.03. The van der Waals surface area contributed by atoms with Gasteiger partial charge in [0.1, 0.15) is 0 Å². The molecule has 0 aromatic rings. The van der Waals surface area contributed by atoms with Gasteiger partial charge < -0.3 is 10.2 Å². The number of fused-ring (bicyclic) bond motifs is 5. The quantitative estimate of drug-likeness (QED) is 0.425. The van der Waals surface area contributed by atoms with Crippen molar-refractivity contribution in [3.8, 4) is 0 Å². The van der Waals surface area contributed by atoms with Crippen LogP contribution in [-0.4, -0.2) is 22.0 Å². The molecule has 2 unspecified atom stereocenters. The molecule has 0 amide bonds. The molecule has 2 N–H and O–H groups in total. The standard InChI is InChI=1S/C26H40O4/c1-15(8-11-21(28)29)17-9-10-19-23-20(12-14-26(17,19)4)25(3)13-6-5-7-18(25)22(16(2)27)24(23)30/h15,17-20,23,27H,5-14H2,1-4H3,(H,28,29)/t15?,17-,18?,19+,20+,23+,25+,26-/m1/s1. The lowest BCUT2D eigenvalue weighted by Crippen LogP contribution is -2.57. The van der Waals surface area contributed by atoms with Crippen LogP contribution < -0.4 is 0 Å². The summed E-state index contributed by atoms with van der Waals surface area (Å²) >= 11 is 0. The summed E-state index contributed by atoms with van der Waals surface area (Å²) in [7, 11) is 0. The first kappa shape index (κ1) is 21.9. The van der Waals surface area contributed by atoms with Gasteiger partial charge in [-0.15, -0.1) is 0 Å². The summed E-state index contributed by atoms with van der Waals surface area (Å²) < 4.78 is 0. The maximum Gasteiger partial charge on any atom is 0.303 e. The zero-order valence-corrected chi connectivity index (χ0v) is 19.2. The Morgan fingerprint density at radius 1 is 1.03 bits per heavy atom. The molecule has 0 aliphatic heterocycles. The van der Waals surface area contributed by atoms with E-state index in [0.717, 1.165) is 50.5 Å². The number of allylic oxidation sites excluding steroid dienone is 2. The summed E-state index contributed by atoms with van der Waals surface area (Å²) in [6, 6.07) is 0. The summed E-state index contributed by atoms with van der Waals surface area (Å²) in [5.74, 6) is 1.73. The molecule has 4 aliphatic rings. The van der Waals surface area contributed by atoms with Crippen molar-refractivity contribution in [2.45, 2.75) is 91.9 Å². The van der Waals surface area contributed by atoms with Gasteiger partial charge >= 0.3 is 5.97 Å². The fourth-order valence-electron chi connectivity index (χ4n) is 8.83. The second-order valence-electron chi connectivity index (χ2n) is 11.5. The Labute approximate surface area is 181 Å². The summed E-state index contributed by atoms with van der Waals surface area (Å²) in [4.78, 5) is 25.0. The van der Waals surface area contributed by atoms with E-state index in [1.54, 1.807) is 6.92 Å². The van der Waals surface area contributed by atoms with E-state index in [2.05, 4.69) is 20.8 Å². The number of aliphatic carboxylic acids is 1. The number of hydrogen-bond acceptors (Lipinski definition) is 3. The lowest BCUT2D eigenvalue weighted by atomic mass is 9.43. The van der Waals surface area contributed by atoms with E-state index in [-0.39, 0.29) is 40.6 Å². The Balaban J connectivity index is 1.67. The molecule has 0 bridgehead atoms. The Morgan fingerprint density at radius 3 is 2.40 bits per heavy atom. The maximum atomic E-state index is 13.9. The number of aliphatic hydroxyl groups is 1. The van der Waals surface area contributed by atoms with Crippen molar-refractivity contribution in [1.82, 2.24) is 0 Å². The van der Waals surface area contributed by atoms with Crippen LogP contribution in [0.15, 0.2) is 11.3 Å². The number of aliphatic hydroxyl groups excluding tert-OH is 1. The number of Topliss-reactive ketones (excluding diaryl/α,β-unsaturated/α-hetero) is 1. The molecule has 4 nitrogen and oxygen atoms in total. The van der Waals surface area contributed by atoms with Gasteiger partial charge in [0.05, 0.1) is 5.76 Å². The van der Waals surface area contributed by atoms with Gasteiger partial charge in [-0.05, 0) is 92.3 Å². The first-order valence-corrected chi connectivity index (χ1v) is 12.3. The van der Waals surface area contributed by atoms with Crippen molar-refractivity contribution in [2.24, 2.45) is 46.3 Å². The van der Waals surface area contributed by atoms with Gasteiger partial charge in [-0.1, -0.05) is 33.6 Å². The Morgan fingerprint density at radius 2 is 1.73 bits per heavy atom. The van der Waals surface area contributed by atoms with Gasteiger partial charge in [0.25, 0.3) is 0 Å². The van der Waals surface area contributed by atoms with Crippen LogP contribution in [0.5, 0.6) is 0 Å². The van der Waals surface area contributed by atoms with Crippen molar-refractivity contribution >= 4 is 11.8 Å². The van der Waals surface area contributed by atoms with Gasteiger partial charge in [-0.3, -0.25) is 9.59 Å². The Bertz CT molecular complexity index is 750. The molecule has 8 atom stereocenters. The largest absolute Gasteiger partial charge is 0.512 e. The minimum atomic E-state index is -0.711. The van der Waals surface area contributed by atoms with Gasteiger partial charge in [0.15, 0.2) is 5.78 Å². The molecule has 4 heteroatoms. The molecule has 0 radical (unpaired) electrons. The predicted octanol–water partition coefficient (Wildman–Crippen LogP) is 6.16. The molecule has 0 aromatic heterocycles. The van der Waals surface area contributed by atoms with E-state index in [0.29, 0.717) is 23.7 Å². The monoisotopic (exact) mass is 416 g/mol. The van der Waals surface area contributed by atoms with Crippen molar-refractivity contribution in [2.75, 3.05) is 0 Å². The molecule has 4 rings (SSSR count). The fourth-order valence-corrected chi connectivity index (χ4v) is 8.83. The second-order valence-corrected chi connectivity index (χ2v) is 11.5. The van der Waals surface area contributed by atoms with Crippen LogP contribution in [0.3, 0.4) is 0 Å². The lowest BCUT2D eigenvalue weighted by molar-refractivity contribution is -0.147. The smallest absolute Gasteiger partial charge is 0.303 e. The van der Waals surface area contributed by atoms with Crippen LogP contribution in [0.4, 0.5) is 0 Å². The minimum Gasteiger partial charge on any atom is -0.512 e. The Hall–Kier alpha value is -1.32. The average molecular weight is 417 g/mol. The van der Waals surface area contributed by atoms with E-state index in [1.807, 2.05) is 0 Å². The zero-order chi connectivity index (χ0) is 21.8. The van der Waals surface area contributed by atoms with Crippen LogP contribution >= 0.6 is 0 Å². The Kier molecular flexibility index (Phi) is 5.60. The van der Waals surface area contributed by atoms with E-state index in [4.69, 9.17) is 5.11 Å². The molecule has 0 aromatic carbocycles. The number of hydrogen-bond donors (Lipinski definition) is 2. The molecular formula is C26H40O4. The summed E-state index contributed by atoms with van der Waals surface area (Å²) in [5, 5.41) is 19.7. The molecule has 30 heavy (non-hydrogen) atoms. The van der Waals surface area contributed by atoms with Crippen LogP contribution in [0, 0.1) is 46.3 Å². The highest BCUT2D eigenvalue weighted by Crippen LogP contribution is 2.68. The molecule has 4 saturated carbocycles. The molecule has 0 spiro atoms. The van der Waals surface area contributed by atoms with Crippen molar-refractivity contribution < 1.29 is 19.8 Å². The molecular weight excluding hydrogens is 376 g/mol. The van der Waals surface area contributed by atoms with E-state index in [1.165, 1.54) is 12.8 Å². The van der Waals surface area contributed by atoms with Crippen LogP contribution in [0.2, 0.25) is 0 Å². The predicted molar refractivity (Wildman–Crippen MR) is 117 cm³/mol. The van der Waals surface area contributed by atoms with Gasteiger partial charge in [0.2, 0.25) is 0 Å². The number of carboxylic acid groups (broad SMARTS) is 1. The van der Waals surface area contributed by atoms with E-state index < -0.39 is 5.97 Å². The highest BCUT2D eigenvalue weighted by atomic mass is 16.4. The highest BCUT2D eigenvalue weighted by molar-refractivity contribution is 5.99. The zero-order valence-electron chi connectivity index (χ0n) is 19.2. The topological polar surface area (TPSA) is 74.6 Å². The molecule has 0 saturated heterocycles. The normalized spacial score (nSPS) is 45.9. The number of ketones is 1. The van der Waals surface area contributed by atoms with Crippen LogP contribution in [0.1, 0.15) is 91.9 Å². The van der Waals surface area contributed by atoms with Crippen molar-refractivity contribution in [3.63, 3.8) is 0 Å².